The maximum absolute atomic E-state index is 12.0. The zero-order chi connectivity index (χ0) is 15.2. The van der Waals surface area contributed by atoms with Crippen LogP contribution < -0.4 is 22.1 Å². The molecule has 0 bridgehead atoms. The van der Waals surface area contributed by atoms with Crippen molar-refractivity contribution in [1.82, 2.24) is 0 Å². The summed E-state index contributed by atoms with van der Waals surface area (Å²) in [7, 11) is 0. The number of carbonyl (C=O) groups is 2. The molecule has 0 heterocycles. The lowest BCUT2D eigenvalue weighted by atomic mass is 9.83. The molecule has 2 unspecified atom stereocenters. The summed E-state index contributed by atoms with van der Waals surface area (Å²) in [4.78, 5) is 22.7. The van der Waals surface area contributed by atoms with E-state index in [2.05, 4.69) is 10.6 Å². The van der Waals surface area contributed by atoms with Crippen LogP contribution in [0.25, 0.3) is 0 Å². The number of hydrogen-bond acceptors (Lipinski definition) is 3. The number of carbonyl (C=O) groups excluding carboxylic acids is 2. The van der Waals surface area contributed by atoms with Crippen molar-refractivity contribution in [3.63, 3.8) is 0 Å². The second-order valence-corrected chi connectivity index (χ2v) is 5.53. The normalized spacial score (nSPS) is 21.6. The van der Waals surface area contributed by atoms with E-state index in [1.54, 1.807) is 24.3 Å². The highest BCUT2D eigenvalue weighted by molar-refractivity contribution is 5.92. The second-order valence-electron chi connectivity index (χ2n) is 5.53. The van der Waals surface area contributed by atoms with Gasteiger partial charge in [-0.1, -0.05) is 12.8 Å². The third kappa shape index (κ3) is 4.75. The van der Waals surface area contributed by atoms with Crippen LogP contribution in [0.1, 0.15) is 32.1 Å². The Morgan fingerprint density at radius 1 is 1.05 bits per heavy atom. The molecule has 0 aromatic heterocycles. The molecule has 6 heteroatoms. The number of hydrogen-bond donors (Lipinski definition) is 4. The van der Waals surface area contributed by atoms with E-state index in [1.807, 2.05) is 0 Å². The molecule has 0 aliphatic heterocycles. The smallest absolute Gasteiger partial charge is 0.316 e. The van der Waals surface area contributed by atoms with Crippen LogP contribution in [0.15, 0.2) is 24.3 Å². The summed E-state index contributed by atoms with van der Waals surface area (Å²) in [6.45, 7) is 0. The van der Waals surface area contributed by atoms with E-state index in [4.69, 9.17) is 11.5 Å². The van der Waals surface area contributed by atoms with Crippen molar-refractivity contribution >= 4 is 23.3 Å². The Balaban J connectivity index is 1.85. The summed E-state index contributed by atoms with van der Waals surface area (Å²) in [5, 5.41) is 5.32. The van der Waals surface area contributed by atoms with E-state index in [-0.39, 0.29) is 17.9 Å². The molecular formula is C15H22N4O2. The van der Waals surface area contributed by atoms with Crippen molar-refractivity contribution in [1.29, 1.82) is 0 Å². The first-order chi connectivity index (χ1) is 10.0. The van der Waals surface area contributed by atoms with Gasteiger partial charge in [0.25, 0.3) is 0 Å². The van der Waals surface area contributed by atoms with Gasteiger partial charge in [-0.3, -0.25) is 4.79 Å². The fraction of sp³-hybridized carbons (Fsp3) is 0.467. The van der Waals surface area contributed by atoms with Gasteiger partial charge in [0.2, 0.25) is 5.91 Å². The quantitative estimate of drug-likeness (QED) is 0.680. The number of amides is 3. The maximum atomic E-state index is 12.0. The zero-order valence-electron chi connectivity index (χ0n) is 12.0. The van der Waals surface area contributed by atoms with Gasteiger partial charge in [0, 0.05) is 23.8 Å². The van der Waals surface area contributed by atoms with Crippen molar-refractivity contribution in [2.45, 2.75) is 38.1 Å². The molecule has 21 heavy (non-hydrogen) atoms. The van der Waals surface area contributed by atoms with Crippen LogP contribution in [-0.4, -0.2) is 18.0 Å². The van der Waals surface area contributed by atoms with Crippen molar-refractivity contribution < 1.29 is 9.59 Å². The Labute approximate surface area is 124 Å². The molecule has 114 valence electrons. The number of benzene rings is 1. The summed E-state index contributed by atoms with van der Waals surface area (Å²) in [5.74, 6) is 0.252. The van der Waals surface area contributed by atoms with E-state index in [0.717, 1.165) is 25.7 Å². The van der Waals surface area contributed by atoms with Crippen molar-refractivity contribution in [2.75, 3.05) is 10.6 Å². The minimum atomic E-state index is -0.613. The number of primary amides is 1. The lowest BCUT2D eigenvalue weighted by Crippen LogP contribution is -2.35. The molecule has 0 spiro atoms. The van der Waals surface area contributed by atoms with Crippen LogP contribution in [-0.2, 0) is 4.79 Å². The summed E-state index contributed by atoms with van der Waals surface area (Å²) >= 11 is 0. The second kappa shape index (κ2) is 7.08. The number of rotatable bonds is 4. The molecule has 6 N–H and O–H groups in total. The highest BCUT2D eigenvalue weighted by Gasteiger charge is 2.24. The largest absolute Gasteiger partial charge is 0.351 e. The molecule has 0 saturated heterocycles. The average Bonchev–Trinajstić information content (AvgIpc) is 2.43. The fourth-order valence-corrected chi connectivity index (χ4v) is 2.72. The Morgan fingerprint density at radius 3 is 2.19 bits per heavy atom. The van der Waals surface area contributed by atoms with Crippen LogP contribution >= 0.6 is 0 Å². The van der Waals surface area contributed by atoms with Crippen molar-refractivity contribution in [3.8, 4) is 0 Å². The molecule has 6 nitrogen and oxygen atoms in total. The number of nitrogens with one attached hydrogen (secondary N) is 2. The van der Waals surface area contributed by atoms with Crippen LogP contribution in [0.4, 0.5) is 16.2 Å². The molecule has 2 rings (SSSR count). The van der Waals surface area contributed by atoms with Crippen molar-refractivity contribution in [2.24, 2.45) is 17.4 Å². The lowest BCUT2D eigenvalue weighted by molar-refractivity contribution is -0.117. The van der Waals surface area contributed by atoms with Gasteiger partial charge in [-0.15, -0.1) is 0 Å². The van der Waals surface area contributed by atoms with Crippen molar-refractivity contribution in [3.05, 3.63) is 24.3 Å². The van der Waals surface area contributed by atoms with Gasteiger partial charge in [-0.05, 0) is 43.0 Å². The number of urea groups is 1. The predicted molar refractivity (Wildman–Crippen MR) is 82.8 cm³/mol. The first-order valence-electron chi connectivity index (χ1n) is 7.26. The SMILES string of the molecule is NC(=O)Nc1ccc(NC(=O)CC2CCCCC2N)cc1. The van der Waals surface area contributed by atoms with Gasteiger partial charge >= 0.3 is 6.03 Å². The van der Waals surface area contributed by atoms with Crippen LogP contribution in [0.5, 0.6) is 0 Å². The number of nitrogens with two attached hydrogens (primary N) is 2. The molecule has 0 radical (unpaired) electrons. The van der Waals surface area contributed by atoms with Gasteiger partial charge in [0.05, 0.1) is 0 Å². The third-order valence-electron chi connectivity index (χ3n) is 3.85. The van der Waals surface area contributed by atoms with Gasteiger partial charge < -0.3 is 22.1 Å². The molecule has 1 aromatic carbocycles. The highest BCUT2D eigenvalue weighted by Crippen LogP contribution is 2.26. The monoisotopic (exact) mass is 290 g/mol. The molecule has 2 atom stereocenters. The van der Waals surface area contributed by atoms with Gasteiger partial charge in [0.15, 0.2) is 0 Å². The first kappa shape index (κ1) is 15.3. The lowest BCUT2D eigenvalue weighted by Gasteiger charge is -2.27. The van der Waals surface area contributed by atoms with Gasteiger partial charge in [0.1, 0.15) is 0 Å². The molecular weight excluding hydrogens is 268 g/mol. The van der Waals surface area contributed by atoms with Crippen LogP contribution in [0.2, 0.25) is 0 Å². The molecule has 1 fully saturated rings. The van der Waals surface area contributed by atoms with E-state index in [0.29, 0.717) is 17.8 Å². The van der Waals surface area contributed by atoms with E-state index in [1.165, 1.54) is 0 Å². The Hall–Kier alpha value is -2.08. The van der Waals surface area contributed by atoms with Gasteiger partial charge in [-0.25, -0.2) is 4.79 Å². The fourth-order valence-electron chi connectivity index (χ4n) is 2.72. The molecule has 1 aromatic rings. The first-order valence-corrected chi connectivity index (χ1v) is 7.26. The van der Waals surface area contributed by atoms with Crippen LogP contribution in [0, 0.1) is 5.92 Å². The molecule has 1 saturated carbocycles. The Morgan fingerprint density at radius 2 is 1.62 bits per heavy atom. The maximum Gasteiger partial charge on any atom is 0.316 e. The minimum Gasteiger partial charge on any atom is -0.351 e. The summed E-state index contributed by atoms with van der Waals surface area (Å²) in [6.07, 6.45) is 4.80. The van der Waals surface area contributed by atoms with Gasteiger partial charge in [-0.2, -0.15) is 0 Å². The predicted octanol–water partition coefficient (Wildman–Crippen LogP) is 2.02. The highest BCUT2D eigenvalue weighted by atomic mass is 16.2. The van der Waals surface area contributed by atoms with E-state index < -0.39 is 6.03 Å². The third-order valence-corrected chi connectivity index (χ3v) is 3.85. The van der Waals surface area contributed by atoms with E-state index >= 15 is 0 Å². The summed E-state index contributed by atoms with van der Waals surface area (Å²) < 4.78 is 0. The van der Waals surface area contributed by atoms with E-state index in [9.17, 15) is 9.59 Å². The zero-order valence-corrected chi connectivity index (χ0v) is 12.0. The number of anilines is 2. The summed E-state index contributed by atoms with van der Waals surface area (Å²) in [6, 6.07) is 6.35. The Kier molecular flexibility index (Phi) is 5.16. The Bertz CT molecular complexity index is 501. The average molecular weight is 290 g/mol. The molecule has 1 aliphatic carbocycles. The molecule has 3 amide bonds. The standard InChI is InChI=1S/C15H22N4O2/c16-13-4-2-1-3-10(13)9-14(20)18-11-5-7-12(8-6-11)19-15(17)21/h5-8,10,13H,1-4,9,16H2,(H,18,20)(H3,17,19,21). The minimum absolute atomic E-state index is 0.0204. The summed E-state index contributed by atoms with van der Waals surface area (Å²) in [5.41, 5.74) is 12.4. The topological polar surface area (TPSA) is 110 Å². The molecule has 1 aliphatic rings. The van der Waals surface area contributed by atoms with Crippen LogP contribution in [0.3, 0.4) is 0 Å².